The molecule has 1 fully saturated rings. The number of urea groups is 1. The average molecular weight is 333 g/mol. The van der Waals surface area contributed by atoms with Crippen LogP contribution in [0.4, 0.5) is 10.5 Å². The van der Waals surface area contributed by atoms with Crippen LogP contribution in [-0.2, 0) is 10.1 Å². The van der Waals surface area contributed by atoms with Gasteiger partial charge in [0.25, 0.3) is 10.1 Å². The van der Waals surface area contributed by atoms with E-state index in [1.165, 1.54) is 12.5 Å². The summed E-state index contributed by atoms with van der Waals surface area (Å²) < 4.78 is 31.2. The molecule has 8 heteroatoms. The number of halogens is 1. The van der Waals surface area contributed by atoms with Crippen LogP contribution < -0.4 is 10.6 Å². The molecule has 0 bridgehead atoms. The minimum absolute atomic E-state index is 0.109. The van der Waals surface area contributed by atoms with E-state index in [-0.39, 0.29) is 21.6 Å². The third-order valence-electron chi connectivity index (χ3n) is 3.37. The number of anilines is 1. The zero-order valence-corrected chi connectivity index (χ0v) is 12.9. The van der Waals surface area contributed by atoms with Gasteiger partial charge in [-0.15, -0.1) is 0 Å². The maximum Gasteiger partial charge on any atom is 0.319 e. The fraction of sp³-hybridized carbons (Fsp3) is 0.462. The molecule has 1 aromatic carbocycles. The third kappa shape index (κ3) is 4.87. The average Bonchev–Trinajstić information content (AvgIpc) is 2.37. The standard InChI is InChI=1S/C13H17ClN2O4S/c14-9-6-11(8-12(7-9)21(18,19)20)16-13(17)15-10-4-2-1-3-5-10/h6-8,10H,1-5H2,(H2,15,16,17)(H,18,19,20). The van der Waals surface area contributed by atoms with Crippen LogP contribution in [0.25, 0.3) is 0 Å². The molecule has 6 nitrogen and oxygen atoms in total. The monoisotopic (exact) mass is 332 g/mol. The van der Waals surface area contributed by atoms with Crippen molar-refractivity contribution in [3.8, 4) is 0 Å². The number of amides is 2. The molecule has 0 saturated heterocycles. The first-order valence-corrected chi connectivity index (χ1v) is 8.52. The third-order valence-corrected chi connectivity index (χ3v) is 4.42. The summed E-state index contributed by atoms with van der Waals surface area (Å²) in [4.78, 5) is 11.5. The normalized spacial score (nSPS) is 16.5. The zero-order chi connectivity index (χ0) is 15.5. The van der Waals surface area contributed by atoms with Gasteiger partial charge in [0.15, 0.2) is 0 Å². The van der Waals surface area contributed by atoms with Crippen LogP contribution in [0.3, 0.4) is 0 Å². The number of carbonyl (C=O) groups is 1. The molecule has 1 saturated carbocycles. The fourth-order valence-electron chi connectivity index (χ4n) is 2.38. The molecule has 0 aromatic heterocycles. The van der Waals surface area contributed by atoms with Gasteiger partial charge in [0.05, 0.1) is 4.90 Å². The van der Waals surface area contributed by atoms with Crippen molar-refractivity contribution in [2.75, 3.05) is 5.32 Å². The Balaban J connectivity index is 2.05. The molecule has 1 aromatic rings. The molecule has 0 unspecified atom stereocenters. The molecule has 0 spiro atoms. The highest BCUT2D eigenvalue weighted by Crippen LogP contribution is 2.22. The van der Waals surface area contributed by atoms with Gasteiger partial charge < -0.3 is 10.6 Å². The maximum atomic E-state index is 11.9. The van der Waals surface area contributed by atoms with Gasteiger partial charge >= 0.3 is 6.03 Å². The molecule has 1 aliphatic carbocycles. The van der Waals surface area contributed by atoms with Gasteiger partial charge in [0, 0.05) is 16.8 Å². The van der Waals surface area contributed by atoms with Crippen molar-refractivity contribution in [1.29, 1.82) is 0 Å². The molecule has 0 aliphatic heterocycles. The van der Waals surface area contributed by atoms with E-state index in [9.17, 15) is 13.2 Å². The van der Waals surface area contributed by atoms with Gasteiger partial charge in [-0.25, -0.2) is 4.79 Å². The van der Waals surface area contributed by atoms with Crippen molar-refractivity contribution in [2.24, 2.45) is 0 Å². The second kappa shape index (κ2) is 6.64. The molecule has 2 rings (SSSR count). The Labute approximate surface area is 128 Å². The van der Waals surface area contributed by atoms with Crippen LogP contribution >= 0.6 is 11.6 Å². The Morgan fingerprint density at radius 3 is 2.48 bits per heavy atom. The fourth-order valence-corrected chi connectivity index (χ4v) is 3.23. The Morgan fingerprint density at radius 2 is 1.86 bits per heavy atom. The van der Waals surface area contributed by atoms with Crippen molar-refractivity contribution >= 4 is 33.4 Å². The Bertz CT molecular complexity index is 627. The van der Waals surface area contributed by atoms with Crippen molar-refractivity contribution in [2.45, 2.75) is 43.0 Å². The highest BCUT2D eigenvalue weighted by molar-refractivity contribution is 7.85. The lowest BCUT2D eigenvalue weighted by atomic mass is 9.96. The quantitative estimate of drug-likeness (QED) is 0.741. The zero-order valence-electron chi connectivity index (χ0n) is 11.3. The second-order valence-electron chi connectivity index (χ2n) is 5.08. The Hall–Kier alpha value is -1.31. The van der Waals surface area contributed by atoms with Crippen LogP contribution in [0.15, 0.2) is 23.1 Å². The largest absolute Gasteiger partial charge is 0.335 e. The lowest BCUT2D eigenvalue weighted by Gasteiger charge is -2.22. The van der Waals surface area contributed by atoms with E-state index in [0.717, 1.165) is 37.8 Å². The van der Waals surface area contributed by atoms with Crippen LogP contribution in [0.2, 0.25) is 5.02 Å². The summed E-state index contributed by atoms with van der Waals surface area (Å²) in [5.74, 6) is 0. The van der Waals surface area contributed by atoms with Crippen molar-refractivity contribution in [1.82, 2.24) is 5.32 Å². The first kappa shape index (κ1) is 16.1. The van der Waals surface area contributed by atoms with E-state index < -0.39 is 16.1 Å². The van der Waals surface area contributed by atoms with Crippen LogP contribution in [0, 0.1) is 0 Å². The predicted octanol–water partition coefficient (Wildman–Crippen LogP) is 3.04. The summed E-state index contributed by atoms with van der Waals surface area (Å²) in [6, 6.07) is 3.41. The number of nitrogens with one attached hydrogen (secondary N) is 2. The van der Waals surface area contributed by atoms with Gasteiger partial charge in [-0.3, -0.25) is 4.55 Å². The Kier molecular flexibility index (Phi) is 5.08. The van der Waals surface area contributed by atoms with Crippen molar-refractivity contribution < 1.29 is 17.8 Å². The second-order valence-corrected chi connectivity index (χ2v) is 6.94. The highest BCUT2D eigenvalue weighted by atomic mass is 35.5. The highest BCUT2D eigenvalue weighted by Gasteiger charge is 2.17. The van der Waals surface area contributed by atoms with E-state index in [1.54, 1.807) is 0 Å². The van der Waals surface area contributed by atoms with Gasteiger partial charge in [0.2, 0.25) is 0 Å². The molecule has 0 radical (unpaired) electrons. The molecule has 1 aliphatic rings. The smallest absolute Gasteiger partial charge is 0.319 e. The summed E-state index contributed by atoms with van der Waals surface area (Å²) >= 11 is 5.78. The van der Waals surface area contributed by atoms with Crippen LogP contribution in [-0.4, -0.2) is 25.0 Å². The summed E-state index contributed by atoms with van der Waals surface area (Å²) in [7, 11) is -4.37. The first-order chi connectivity index (χ1) is 9.84. The molecule has 2 amide bonds. The van der Waals surface area contributed by atoms with E-state index >= 15 is 0 Å². The minimum Gasteiger partial charge on any atom is -0.335 e. The molecule has 0 heterocycles. The molecule has 0 atom stereocenters. The summed E-state index contributed by atoms with van der Waals surface area (Å²) in [6.45, 7) is 0. The Morgan fingerprint density at radius 1 is 1.19 bits per heavy atom. The lowest BCUT2D eigenvalue weighted by Crippen LogP contribution is -2.39. The molecule has 21 heavy (non-hydrogen) atoms. The van der Waals surface area contributed by atoms with E-state index in [0.29, 0.717) is 0 Å². The van der Waals surface area contributed by atoms with Gasteiger partial charge in [0.1, 0.15) is 0 Å². The van der Waals surface area contributed by atoms with Crippen molar-refractivity contribution in [3.63, 3.8) is 0 Å². The summed E-state index contributed by atoms with van der Waals surface area (Å²) in [5, 5.41) is 5.48. The topological polar surface area (TPSA) is 95.5 Å². The van der Waals surface area contributed by atoms with Crippen LogP contribution in [0.1, 0.15) is 32.1 Å². The number of benzene rings is 1. The molecule has 3 N–H and O–H groups in total. The van der Waals surface area contributed by atoms with Gasteiger partial charge in [-0.1, -0.05) is 30.9 Å². The SMILES string of the molecule is O=C(Nc1cc(Cl)cc(S(=O)(=O)O)c1)NC1CCCCC1. The van der Waals surface area contributed by atoms with Crippen LogP contribution in [0.5, 0.6) is 0 Å². The van der Waals surface area contributed by atoms with E-state index in [1.807, 2.05) is 0 Å². The maximum absolute atomic E-state index is 11.9. The predicted molar refractivity (Wildman–Crippen MR) is 80.3 cm³/mol. The first-order valence-electron chi connectivity index (χ1n) is 6.70. The number of hydrogen-bond acceptors (Lipinski definition) is 3. The van der Waals surface area contributed by atoms with E-state index in [4.69, 9.17) is 16.2 Å². The molecular formula is C13H17ClN2O4S. The summed E-state index contributed by atoms with van der Waals surface area (Å²) in [5.41, 5.74) is 0.212. The minimum atomic E-state index is -4.37. The molecular weight excluding hydrogens is 316 g/mol. The number of carbonyl (C=O) groups excluding carboxylic acids is 1. The lowest BCUT2D eigenvalue weighted by molar-refractivity contribution is 0.244. The van der Waals surface area contributed by atoms with Gasteiger partial charge in [-0.2, -0.15) is 8.42 Å². The van der Waals surface area contributed by atoms with E-state index in [2.05, 4.69) is 10.6 Å². The van der Waals surface area contributed by atoms with Crippen molar-refractivity contribution in [3.05, 3.63) is 23.2 Å². The molecule has 116 valence electrons. The number of rotatable bonds is 3. The summed E-state index contributed by atoms with van der Waals surface area (Å²) in [6.07, 6.45) is 5.26. The number of hydrogen-bond donors (Lipinski definition) is 3. The van der Waals surface area contributed by atoms with Gasteiger partial charge in [-0.05, 0) is 31.0 Å².